The molecule has 2 unspecified atom stereocenters. The maximum atomic E-state index is 14.6. The lowest BCUT2D eigenvalue weighted by atomic mass is 9.70. The third kappa shape index (κ3) is 4.90. The SMILES string of the molecule is CC(C)(C)OC(=O)NC1=NC2(c3cccc(-c4cccnc4F)c3)CN(c3ncccn3)CC2(C)CS1. The minimum atomic E-state index is -0.753. The van der Waals surface area contributed by atoms with Gasteiger partial charge in [0, 0.05) is 41.9 Å². The van der Waals surface area contributed by atoms with Gasteiger partial charge in [0.25, 0.3) is 0 Å². The number of nitrogens with zero attached hydrogens (tertiary/aromatic N) is 5. The molecule has 0 bridgehead atoms. The van der Waals surface area contributed by atoms with Crippen LogP contribution in [0.2, 0.25) is 0 Å². The van der Waals surface area contributed by atoms with E-state index in [1.165, 1.54) is 18.0 Å². The number of pyridine rings is 1. The Morgan fingerprint density at radius 1 is 1.08 bits per heavy atom. The van der Waals surface area contributed by atoms with Crippen LogP contribution >= 0.6 is 11.8 Å². The molecule has 0 spiro atoms. The second-order valence-electron chi connectivity index (χ2n) is 10.6. The van der Waals surface area contributed by atoms with E-state index in [0.717, 1.165) is 5.56 Å². The molecule has 2 aromatic heterocycles. The molecule has 0 radical (unpaired) electrons. The maximum absolute atomic E-state index is 14.6. The third-order valence-corrected chi connectivity index (χ3v) is 7.88. The van der Waals surface area contributed by atoms with E-state index in [2.05, 4.69) is 32.1 Å². The van der Waals surface area contributed by atoms with Gasteiger partial charge in [-0.05, 0) is 56.2 Å². The van der Waals surface area contributed by atoms with Crippen molar-refractivity contribution in [3.8, 4) is 11.1 Å². The number of hydrogen-bond donors (Lipinski definition) is 1. The molecule has 2 atom stereocenters. The topological polar surface area (TPSA) is 92.6 Å². The monoisotopic (exact) mass is 520 g/mol. The van der Waals surface area contributed by atoms with Gasteiger partial charge in [-0.2, -0.15) is 4.39 Å². The molecule has 0 aliphatic carbocycles. The van der Waals surface area contributed by atoms with Crippen molar-refractivity contribution in [2.75, 3.05) is 23.7 Å². The van der Waals surface area contributed by atoms with Crippen molar-refractivity contribution in [3.63, 3.8) is 0 Å². The van der Waals surface area contributed by atoms with Crippen LogP contribution in [0.5, 0.6) is 0 Å². The number of hydrogen-bond acceptors (Lipinski definition) is 8. The lowest BCUT2D eigenvalue weighted by Gasteiger charge is -2.43. The Hall–Kier alpha value is -3.53. The first-order chi connectivity index (χ1) is 17.6. The first-order valence-electron chi connectivity index (χ1n) is 12.0. The van der Waals surface area contributed by atoms with E-state index in [0.29, 0.717) is 41.1 Å². The molecule has 5 rings (SSSR count). The van der Waals surface area contributed by atoms with Gasteiger partial charge in [-0.25, -0.2) is 24.7 Å². The third-order valence-electron chi connectivity index (χ3n) is 6.63. The molecule has 1 saturated heterocycles. The summed E-state index contributed by atoms with van der Waals surface area (Å²) in [5, 5.41) is 3.33. The van der Waals surface area contributed by atoms with Crippen LogP contribution in [0.1, 0.15) is 33.3 Å². The normalized spacial score (nSPS) is 23.3. The van der Waals surface area contributed by atoms with Gasteiger partial charge >= 0.3 is 6.09 Å². The van der Waals surface area contributed by atoms with Gasteiger partial charge in [-0.1, -0.05) is 36.9 Å². The van der Waals surface area contributed by atoms with Crippen molar-refractivity contribution < 1.29 is 13.9 Å². The highest BCUT2D eigenvalue weighted by Gasteiger charge is 2.59. The number of halogens is 1. The molecule has 192 valence electrons. The number of alkyl carbamates (subject to hydrolysis) is 1. The van der Waals surface area contributed by atoms with Crippen LogP contribution in [0.3, 0.4) is 0 Å². The van der Waals surface area contributed by atoms with Crippen LogP contribution in [0.4, 0.5) is 15.1 Å². The number of ether oxygens (including phenoxy) is 1. The Bertz CT molecular complexity index is 1350. The molecule has 8 nitrogen and oxygen atoms in total. The number of benzene rings is 1. The zero-order chi connectivity index (χ0) is 26.3. The fourth-order valence-corrected chi connectivity index (χ4v) is 6.11. The van der Waals surface area contributed by atoms with Crippen molar-refractivity contribution in [1.82, 2.24) is 20.3 Å². The van der Waals surface area contributed by atoms with Crippen molar-refractivity contribution >= 4 is 29.0 Å². The molecule has 3 aromatic rings. The molecule has 1 aromatic carbocycles. The summed E-state index contributed by atoms with van der Waals surface area (Å²) in [7, 11) is 0. The Morgan fingerprint density at radius 3 is 2.57 bits per heavy atom. The van der Waals surface area contributed by atoms with Crippen LogP contribution in [-0.2, 0) is 10.3 Å². The zero-order valence-corrected chi connectivity index (χ0v) is 22.1. The first kappa shape index (κ1) is 25.1. The fourth-order valence-electron chi connectivity index (χ4n) is 4.94. The maximum Gasteiger partial charge on any atom is 0.413 e. The highest BCUT2D eigenvalue weighted by Crippen LogP contribution is 2.54. The molecule has 37 heavy (non-hydrogen) atoms. The number of rotatable bonds is 3. The molecular weight excluding hydrogens is 491 g/mol. The number of amides is 1. The molecule has 1 fully saturated rings. The van der Waals surface area contributed by atoms with Crippen molar-refractivity contribution in [2.45, 2.75) is 38.8 Å². The minimum absolute atomic E-state index is 0.331. The molecular formula is C27H29FN6O2S. The minimum Gasteiger partial charge on any atom is -0.444 e. The Kier molecular flexibility index (Phi) is 6.39. The van der Waals surface area contributed by atoms with E-state index >= 15 is 0 Å². The van der Waals surface area contributed by atoms with Crippen molar-refractivity contribution in [1.29, 1.82) is 0 Å². The van der Waals surface area contributed by atoms with Crippen molar-refractivity contribution in [3.05, 3.63) is 72.6 Å². The van der Waals surface area contributed by atoms with Gasteiger partial charge in [0.1, 0.15) is 11.1 Å². The molecule has 1 N–H and O–H groups in total. The Balaban J connectivity index is 1.60. The molecule has 1 amide bonds. The number of carbonyl (C=O) groups is 1. The van der Waals surface area contributed by atoms with Crippen LogP contribution in [0.15, 0.2) is 66.0 Å². The number of anilines is 1. The molecule has 2 aliphatic heterocycles. The number of fused-ring (bicyclic) bond motifs is 1. The van der Waals surface area contributed by atoms with Crippen LogP contribution in [0.25, 0.3) is 11.1 Å². The second kappa shape index (κ2) is 9.41. The predicted molar refractivity (Wildman–Crippen MR) is 143 cm³/mol. The van der Waals surface area contributed by atoms with E-state index in [-0.39, 0.29) is 5.41 Å². The van der Waals surface area contributed by atoms with Gasteiger partial charge in [0.15, 0.2) is 5.17 Å². The molecule has 4 heterocycles. The number of aliphatic imine (C=N–C) groups is 1. The van der Waals surface area contributed by atoms with Crippen LogP contribution in [0, 0.1) is 11.4 Å². The summed E-state index contributed by atoms with van der Waals surface area (Å²) in [6.45, 7) is 8.80. The Labute approximate surface area is 219 Å². The smallest absolute Gasteiger partial charge is 0.413 e. The second-order valence-corrected chi connectivity index (χ2v) is 11.5. The molecule has 10 heteroatoms. The van der Waals surface area contributed by atoms with Gasteiger partial charge in [-0.15, -0.1) is 0 Å². The summed E-state index contributed by atoms with van der Waals surface area (Å²) in [4.78, 5) is 32.7. The standard InChI is InChI=1S/C27H29FN6O2S/c1-25(2,3)36-24(35)32-23-33-27(19-9-5-8-18(14-19)20-10-6-11-29-21(20)28)16-34(15-26(27,4)17-37-23)22-30-12-7-13-31-22/h5-14H,15-17H2,1-4H3,(H,32,33,35). The summed E-state index contributed by atoms with van der Waals surface area (Å²) in [6, 6.07) is 13.0. The lowest BCUT2D eigenvalue weighted by molar-refractivity contribution is 0.0563. The summed E-state index contributed by atoms with van der Waals surface area (Å²) >= 11 is 1.49. The lowest BCUT2D eigenvalue weighted by Crippen LogP contribution is -2.49. The van der Waals surface area contributed by atoms with Crippen LogP contribution < -0.4 is 10.2 Å². The fraction of sp³-hybridized carbons (Fsp3) is 0.370. The van der Waals surface area contributed by atoms with E-state index in [9.17, 15) is 9.18 Å². The van der Waals surface area contributed by atoms with E-state index < -0.39 is 23.2 Å². The van der Waals surface area contributed by atoms with Gasteiger partial charge in [0.05, 0.1) is 6.54 Å². The average molecular weight is 521 g/mol. The van der Waals surface area contributed by atoms with E-state index in [1.807, 2.05) is 45.0 Å². The number of carbonyl (C=O) groups excluding carboxylic acids is 1. The highest BCUT2D eigenvalue weighted by molar-refractivity contribution is 8.13. The first-order valence-corrected chi connectivity index (χ1v) is 13.0. The number of thioether (sulfide) groups is 1. The van der Waals surface area contributed by atoms with E-state index in [1.54, 1.807) is 30.6 Å². The quantitative estimate of drug-likeness (QED) is 0.485. The summed E-state index contributed by atoms with van der Waals surface area (Å²) in [5.74, 6) is 0.783. The average Bonchev–Trinajstić information content (AvgIpc) is 3.18. The molecule has 2 aliphatic rings. The number of aromatic nitrogens is 3. The summed E-state index contributed by atoms with van der Waals surface area (Å²) < 4.78 is 20.1. The highest BCUT2D eigenvalue weighted by atomic mass is 32.2. The van der Waals surface area contributed by atoms with Gasteiger partial charge in [0.2, 0.25) is 11.9 Å². The van der Waals surface area contributed by atoms with Gasteiger partial charge < -0.3 is 9.64 Å². The Morgan fingerprint density at radius 2 is 1.84 bits per heavy atom. The van der Waals surface area contributed by atoms with Gasteiger partial charge in [-0.3, -0.25) is 5.32 Å². The summed E-state index contributed by atoms with van der Waals surface area (Å²) in [6.07, 6.45) is 4.33. The molecule has 0 saturated carbocycles. The number of amidine groups is 1. The predicted octanol–water partition coefficient (Wildman–Crippen LogP) is 5.03. The van der Waals surface area contributed by atoms with Crippen LogP contribution in [-0.4, -0.2) is 50.7 Å². The summed E-state index contributed by atoms with van der Waals surface area (Å²) in [5.41, 5.74) is 0.332. The van der Waals surface area contributed by atoms with Crippen molar-refractivity contribution in [2.24, 2.45) is 10.4 Å². The largest absolute Gasteiger partial charge is 0.444 e. The zero-order valence-electron chi connectivity index (χ0n) is 21.2. The number of nitrogens with one attached hydrogen (secondary N) is 1. The van der Waals surface area contributed by atoms with E-state index in [4.69, 9.17) is 9.73 Å².